The van der Waals surface area contributed by atoms with E-state index in [1.54, 1.807) is 30.5 Å². The maximum Gasteiger partial charge on any atom is 0.252 e. The molecule has 1 aromatic carbocycles. The van der Waals surface area contributed by atoms with Crippen LogP contribution in [0.2, 0.25) is 0 Å². The molecule has 0 saturated heterocycles. The van der Waals surface area contributed by atoms with Gasteiger partial charge in [-0.1, -0.05) is 0 Å². The molecule has 2 aromatic rings. The third-order valence-electron chi connectivity index (χ3n) is 3.07. The predicted octanol–water partition coefficient (Wildman–Crippen LogP) is 1.19. The summed E-state index contributed by atoms with van der Waals surface area (Å²) in [4.78, 5) is 15.8. The number of amides is 1. The first-order valence-electron chi connectivity index (χ1n) is 7.43. The first kappa shape index (κ1) is 17.9. The maximum atomic E-state index is 12.1. The number of aromatic nitrogens is 1. The van der Waals surface area contributed by atoms with E-state index in [1.165, 1.54) is 18.3 Å². The third kappa shape index (κ3) is 5.04. The fourth-order valence-corrected chi connectivity index (χ4v) is 2.96. The van der Waals surface area contributed by atoms with E-state index in [2.05, 4.69) is 15.0 Å². The van der Waals surface area contributed by atoms with Crippen molar-refractivity contribution >= 4 is 15.9 Å². The Hall–Kier alpha value is -2.45. The van der Waals surface area contributed by atoms with Crippen molar-refractivity contribution in [2.24, 2.45) is 0 Å². The zero-order valence-electron chi connectivity index (χ0n) is 13.2. The number of pyridine rings is 1. The first-order chi connectivity index (χ1) is 11.5. The normalized spacial score (nSPS) is 11.0. The quantitative estimate of drug-likeness (QED) is 0.698. The fraction of sp³-hybridized carbons (Fsp3) is 0.250. The molecule has 128 valence electrons. The highest BCUT2D eigenvalue weighted by molar-refractivity contribution is 7.89. The van der Waals surface area contributed by atoms with Crippen molar-refractivity contribution < 1.29 is 17.9 Å². The molecule has 2 rings (SSSR count). The molecule has 0 spiro atoms. The van der Waals surface area contributed by atoms with Crippen LogP contribution in [0.25, 0.3) is 0 Å². The zero-order valence-corrected chi connectivity index (χ0v) is 14.0. The van der Waals surface area contributed by atoms with Gasteiger partial charge in [-0.05, 0) is 43.3 Å². The molecule has 0 saturated carbocycles. The van der Waals surface area contributed by atoms with Crippen molar-refractivity contribution in [3.05, 3.63) is 54.4 Å². The Morgan fingerprint density at radius 3 is 2.54 bits per heavy atom. The minimum atomic E-state index is -3.62. The van der Waals surface area contributed by atoms with Crippen LogP contribution in [0.1, 0.15) is 17.3 Å². The standard InChI is InChI=1S/C16H19N3O4S/c1-2-23-14-5-7-15(8-6-14)24(21,22)19-11-10-18-16(20)13-4-3-9-17-12-13/h3-9,12,19H,2,10-11H2,1H3,(H,18,20). The van der Waals surface area contributed by atoms with Gasteiger partial charge in [0, 0.05) is 25.5 Å². The molecule has 0 aliphatic heterocycles. The monoisotopic (exact) mass is 349 g/mol. The topological polar surface area (TPSA) is 97.4 Å². The molecule has 0 atom stereocenters. The number of rotatable bonds is 8. The number of nitrogens with one attached hydrogen (secondary N) is 2. The molecular formula is C16H19N3O4S. The first-order valence-corrected chi connectivity index (χ1v) is 8.92. The second kappa shape index (κ2) is 8.42. The molecule has 0 bridgehead atoms. The molecule has 1 amide bonds. The Morgan fingerprint density at radius 1 is 1.17 bits per heavy atom. The van der Waals surface area contributed by atoms with Gasteiger partial charge in [-0.15, -0.1) is 0 Å². The summed E-state index contributed by atoms with van der Waals surface area (Å²) in [6.45, 7) is 2.62. The average molecular weight is 349 g/mol. The maximum absolute atomic E-state index is 12.1. The minimum Gasteiger partial charge on any atom is -0.494 e. The smallest absolute Gasteiger partial charge is 0.252 e. The predicted molar refractivity (Wildman–Crippen MR) is 89.4 cm³/mol. The Morgan fingerprint density at radius 2 is 1.92 bits per heavy atom. The molecule has 1 aromatic heterocycles. The second-order valence-corrected chi connectivity index (χ2v) is 6.57. The van der Waals surface area contributed by atoms with Crippen LogP contribution in [0, 0.1) is 0 Å². The number of hydrogen-bond donors (Lipinski definition) is 2. The Labute approximate surface area is 141 Å². The molecule has 0 fully saturated rings. The zero-order chi connectivity index (χ0) is 17.4. The molecule has 7 nitrogen and oxygen atoms in total. The van der Waals surface area contributed by atoms with Crippen LogP contribution in [-0.2, 0) is 10.0 Å². The van der Waals surface area contributed by atoms with E-state index in [-0.39, 0.29) is 23.9 Å². The lowest BCUT2D eigenvalue weighted by molar-refractivity contribution is 0.0954. The summed E-state index contributed by atoms with van der Waals surface area (Å²) in [5.74, 6) is 0.309. The van der Waals surface area contributed by atoms with Gasteiger partial charge >= 0.3 is 0 Å². The number of nitrogens with zero attached hydrogens (tertiary/aromatic N) is 1. The van der Waals surface area contributed by atoms with Crippen molar-refractivity contribution in [3.63, 3.8) is 0 Å². The van der Waals surface area contributed by atoms with E-state index in [4.69, 9.17) is 4.74 Å². The third-order valence-corrected chi connectivity index (χ3v) is 4.55. The lowest BCUT2D eigenvalue weighted by Gasteiger charge is -2.09. The number of sulfonamides is 1. The Bertz CT molecular complexity index is 762. The largest absolute Gasteiger partial charge is 0.494 e. The van der Waals surface area contributed by atoms with Crippen molar-refractivity contribution in [2.75, 3.05) is 19.7 Å². The van der Waals surface area contributed by atoms with Crippen LogP contribution in [-0.4, -0.2) is 39.0 Å². The van der Waals surface area contributed by atoms with Crippen molar-refractivity contribution in [2.45, 2.75) is 11.8 Å². The summed E-state index contributed by atoms with van der Waals surface area (Å²) >= 11 is 0. The number of ether oxygens (including phenoxy) is 1. The van der Waals surface area contributed by atoms with Crippen LogP contribution >= 0.6 is 0 Å². The highest BCUT2D eigenvalue weighted by Crippen LogP contribution is 2.15. The van der Waals surface area contributed by atoms with Gasteiger partial charge in [-0.2, -0.15) is 0 Å². The molecule has 1 heterocycles. The van der Waals surface area contributed by atoms with Gasteiger partial charge in [-0.3, -0.25) is 9.78 Å². The summed E-state index contributed by atoms with van der Waals surface area (Å²) in [5.41, 5.74) is 0.423. The lowest BCUT2D eigenvalue weighted by Crippen LogP contribution is -2.34. The van der Waals surface area contributed by atoms with Crippen LogP contribution in [0.5, 0.6) is 5.75 Å². The fourth-order valence-electron chi connectivity index (χ4n) is 1.93. The van der Waals surface area contributed by atoms with E-state index < -0.39 is 10.0 Å². The Kier molecular flexibility index (Phi) is 6.28. The van der Waals surface area contributed by atoms with Crippen LogP contribution in [0.15, 0.2) is 53.7 Å². The van der Waals surface area contributed by atoms with Gasteiger partial charge in [0.05, 0.1) is 17.1 Å². The number of hydrogen-bond acceptors (Lipinski definition) is 5. The van der Waals surface area contributed by atoms with E-state index in [1.807, 2.05) is 6.92 Å². The van der Waals surface area contributed by atoms with Crippen LogP contribution in [0.4, 0.5) is 0 Å². The highest BCUT2D eigenvalue weighted by Gasteiger charge is 2.13. The summed E-state index contributed by atoms with van der Waals surface area (Å²) in [7, 11) is -3.62. The Balaban J connectivity index is 1.83. The number of carbonyl (C=O) groups is 1. The van der Waals surface area contributed by atoms with E-state index in [0.717, 1.165) is 0 Å². The van der Waals surface area contributed by atoms with Crippen molar-refractivity contribution in [3.8, 4) is 5.75 Å². The average Bonchev–Trinajstić information content (AvgIpc) is 2.60. The van der Waals surface area contributed by atoms with Crippen molar-refractivity contribution in [1.82, 2.24) is 15.0 Å². The number of carbonyl (C=O) groups excluding carboxylic acids is 1. The SMILES string of the molecule is CCOc1ccc(S(=O)(=O)NCCNC(=O)c2cccnc2)cc1. The van der Waals surface area contributed by atoms with Gasteiger partial charge in [0.15, 0.2) is 0 Å². The summed E-state index contributed by atoms with van der Waals surface area (Å²) in [6.07, 6.45) is 3.02. The van der Waals surface area contributed by atoms with Crippen molar-refractivity contribution in [1.29, 1.82) is 0 Å². The number of benzene rings is 1. The summed E-state index contributed by atoms with van der Waals surface area (Å²) in [6, 6.07) is 9.43. The van der Waals surface area contributed by atoms with Crippen LogP contribution < -0.4 is 14.8 Å². The second-order valence-electron chi connectivity index (χ2n) is 4.80. The van der Waals surface area contributed by atoms with Gasteiger partial charge in [-0.25, -0.2) is 13.1 Å². The highest BCUT2D eigenvalue weighted by atomic mass is 32.2. The molecule has 24 heavy (non-hydrogen) atoms. The van der Waals surface area contributed by atoms with E-state index in [9.17, 15) is 13.2 Å². The molecule has 2 N–H and O–H groups in total. The molecule has 0 aliphatic carbocycles. The van der Waals surface area contributed by atoms with E-state index in [0.29, 0.717) is 17.9 Å². The van der Waals surface area contributed by atoms with Gasteiger partial charge in [0.2, 0.25) is 10.0 Å². The summed E-state index contributed by atoms with van der Waals surface area (Å²) < 4.78 is 32.0. The molecule has 0 unspecified atom stereocenters. The van der Waals surface area contributed by atoms with E-state index >= 15 is 0 Å². The van der Waals surface area contributed by atoms with Gasteiger partial charge in [0.1, 0.15) is 5.75 Å². The summed E-state index contributed by atoms with van der Waals surface area (Å²) in [5, 5.41) is 2.62. The van der Waals surface area contributed by atoms with Gasteiger partial charge < -0.3 is 10.1 Å². The lowest BCUT2D eigenvalue weighted by atomic mass is 10.3. The minimum absolute atomic E-state index is 0.0849. The van der Waals surface area contributed by atoms with Gasteiger partial charge in [0.25, 0.3) is 5.91 Å². The van der Waals surface area contributed by atoms with Crippen LogP contribution in [0.3, 0.4) is 0 Å². The molecule has 0 aliphatic rings. The molecular weight excluding hydrogens is 330 g/mol. The molecule has 8 heteroatoms. The molecule has 0 radical (unpaired) electrons.